The van der Waals surface area contributed by atoms with Crippen LogP contribution in [0.25, 0.3) is 0 Å². The number of benzene rings is 1. The van der Waals surface area contributed by atoms with Gasteiger partial charge in [-0.1, -0.05) is 17.7 Å². The van der Waals surface area contributed by atoms with E-state index in [9.17, 15) is 4.79 Å². The zero-order valence-electron chi connectivity index (χ0n) is 9.56. The maximum atomic E-state index is 10.9. The number of aliphatic carboxylic acids is 1. The lowest BCUT2D eigenvalue weighted by Gasteiger charge is -2.33. The number of aryl methyl sites for hydroxylation is 2. The quantitative estimate of drug-likeness (QED) is 0.875. The maximum absolute atomic E-state index is 10.9. The molecule has 1 aromatic rings. The zero-order valence-corrected chi connectivity index (χ0v) is 10.4. The molecule has 86 valence electrons. The molecular formula is C13H16O2S. The minimum Gasteiger partial charge on any atom is -0.481 e. The van der Waals surface area contributed by atoms with Gasteiger partial charge in [-0.25, -0.2) is 0 Å². The second-order valence-electron chi connectivity index (χ2n) is 4.45. The highest BCUT2D eigenvalue weighted by atomic mass is 32.2. The van der Waals surface area contributed by atoms with E-state index >= 15 is 0 Å². The monoisotopic (exact) mass is 236 g/mol. The summed E-state index contributed by atoms with van der Waals surface area (Å²) in [6.45, 7) is 4.15. The Morgan fingerprint density at radius 3 is 2.69 bits per heavy atom. The summed E-state index contributed by atoms with van der Waals surface area (Å²) >= 11 is 1.73. The van der Waals surface area contributed by atoms with E-state index < -0.39 is 5.97 Å². The summed E-state index contributed by atoms with van der Waals surface area (Å²) in [5.74, 6) is -0.793. The summed E-state index contributed by atoms with van der Waals surface area (Å²) in [6.07, 6.45) is 1.85. The van der Waals surface area contributed by atoms with Gasteiger partial charge in [0.2, 0.25) is 0 Å². The molecule has 0 saturated heterocycles. The van der Waals surface area contributed by atoms with Crippen molar-refractivity contribution in [3.8, 4) is 0 Å². The molecule has 1 aromatic carbocycles. The Morgan fingerprint density at radius 2 is 2.12 bits per heavy atom. The topological polar surface area (TPSA) is 37.3 Å². The molecule has 1 aliphatic carbocycles. The van der Waals surface area contributed by atoms with E-state index in [0.717, 1.165) is 12.8 Å². The molecule has 2 unspecified atom stereocenters. The highest BCUT2D eigenvalue weighted by Gasteiger charge is 2.37. The van der Waals surface area contributed by atoms with Gasteiger partial charge in [-0.2, -0.15) is 0 Å². The molecule has 1 N–H and O–H groups in total. The lowest BCUT2D eigenvalue weighted by atomic mass is 9.85. The van der Waals surface area contributed by atoms with Gasteiger partial charge in [-0.15, -0.1) is 11.8 Å². The summed E-state index contributed by atoms with van der Waals surface area (Å²) in [7, 11) is 0. The third kappa shape index (κ3) is 2.24. The first-order valence-electron chi connectivity index (χ1n) is 5.54. The second-order valence-corrected chi connectivity index (χ2v) is 5.73. The number of hydrogen-bond acceptors (Lipinski definition) is 2. The van der Waals surface area contributed by atoms with Crippen molar-refractivity contribution in [2.24, 2.45) is 5.92 Å². The number of carboxylic acid groups (broad SMARTS) is 1. The van der Waals surface area contributed by atoms with Gasteiger partial charge in [0.1, 0.15) is 0 Å². The van der Waals surface area contributed by atoms with E-state index in [1.807, 2.05) is 0 Å². The SMILES string of the molecule is Cc1ccc(C)c(SC2CCC2C(=O)O)c1. The molecule has 0 spiro atoms. The van der Waals surface area contributed by atoms with E-state index in [4.69, 9.17) is 5.11 Å². The van der Waals surface area contributed by atoms with E-state index in [1.54, 1.807) is 11.8 Å². The molecule has 2 nitrogen and oxygen atoms in total. The van der Waals surface area contributed by atoms with Crippen molar-refractivity contribution in [2.45, 2.75) is 36.8 Å². The predicted octanol–water partition coefficient (Wildman–Crippen LogP) is 3.26. The van der Waals surface area contributed by atoms with Crippen LogP contribution in [0, 0.1) is 19.8 Å². The van der Waals surface area contributed by atoms with Crippen molar-refractivity contribution in [3.05, 3.63) is 29.3 Å². The van der Waals surface area contributed by atoms with Gasteiger partial charge in [0.25, 0.3) is 0 Å². The number of thioether (sulfide) groups is 1. The van der Waals surface area contributed by atoms with Gasteiger partial charge in [0, 0.05) is 10.1 Å². The summed E-state index contributed by atoms with van der Waals surface area (Å²) in [4.78, 5) is 12.2. The number of hydrogen-bond donors (Lipinski definition) is 1. The maximum Gasteiger partial charge on any atom is 0.307 e. The number of carbonyl (C=O) groups is 1. The first kappa shape index (κ1) is 11.5. The van der Waals surface area contributed by atoms with Crippen LogP contribution in [0.5, 0.6) is 0 Å². The first-order chi connectivity index (χ1) is 7.58. The molecule has 2 atom stereocenters. The Balaban J connectivity index is 2.09. The average molecular weight is 236 g/mol. The molecule has 0 aliphatic heterocycles. The summed E-state index contributed by atoms with van der Waals surface area (Å²) < 4.78 is 0. The van der Waals surface area contributed by atoms with Crippen molar-refractivity contribution in [1.82, 2.24) is 0 Å². The van der Waals surface area contributed by atoms with Gasteiger partial charge in [0.05, 0.1) is 5.92 Å². The van der Waals surface area contributed by atoms with Gasteiger partial charge >= 0.3 is 5.97 Å². The fourth-order valence-electron chi connectivity index (χ4n) is 1.89. The summed E-state index contributed by atoms with van der Waals surface area (Å²) in [5.41, 5.74) is 2.48. The van der Waals surface area contributed by atoms with Crippen molar-refractivity contribution in [1.29, 1.82) is 0 Å². The zero-order chi connectivity index (χ0) is 11.7. The van der Waals surface area contributed by atoms with Crippen LogP contribution in [0.4, 0.5) is 0 Å². The van der Waals surface area contributed by atoms with Crippen molar-refractivity contribution >= 4 is 17.7 Å². The summed E-state index contributed by atoms with van der Waals surface area (Å²) in [5, 5.41) is 9.25. The van der Waals surface area contributed by atoms with Crippen molar-refractivity contribution in [3.63, 3.8) is 0 Å². The van der Waals surface area contributed by atoms with Crippen LogP contribution >= 0.6 is 11.8 Å². The Kier molecular flexibility index (Phi) is 3.24. The van der Waals surface area contributed by atoms with Crippen LogP contribution in [-0.4, -0.2) is 16.3 Å². The minimum atomic E-state index is -0.644. The highest BCUT2D eigenvalue weighted by Crippen LogP contribution is 2.42. The molecule has 1 aliphatic rings. The van der Waals surface area contributed by atoms with E-state index in [1.165, 1.54) is 16.0 Å². The molecule has 0 radical (unpaired) electrons. The van der Waals surface area contributed by atoms with Crippen LogP contribution in [0.1, 0.15) is 24.0 Å². The number of carboxylic acids is 1. The minimum absolute atomic E-state index is 0.148. The van der Waals surface area contributed by atoms with E-state index in [0.29, 0.717) is 0 Å². The largest absolute Gasteiger partial charge is 0.481 e. The third-order valence-corrected chi connectivity index (χ3v) is 4.71. The molecule has 0 heterocycles. The van der Waals surface area contributed by atoms with Crippen molar-refractivity contribution in [2.75, 3.05) is 0 Å². The molecule has 2 rings (SSSR count). The lowest BCUT2D eigenvalue weighted by molar-refractivity contribution is -0.144. The molecule has 3 heteroatoms. The molecule has 0 bridgehead atoms. The molecule has 0 aromatic heterocycles. The lowest BCUT2D eigenvalue weighted by Crippen LogP contribution is -2.35. The highest BCUT2D eigenvalue weighted by molar-refractivity contribution is 8.00. The Bertz CT molecular complexity index is 414. The van der Waals surface area contributed by atoms with Crippen LogP contribution in [0.2, 0.25) is 0 Å². The van der Waals surface area contributed by atoms with Crippen molar-refractivity contribution < 1.29 is 9.90 Å². The predicted molar refractivity (Wildman–Crippen MR) is 65.9 cm³/mol. The molecule has 0 amide bonds. The van der Waals surface area contributed by atoms with Gasteiger partial charge < -0.3 is 5.11 Å². The Morgan fingerprint density at radius 1 is 1.38 bits per heavy atom. The molecule has 1 fully saturated rings. The van der Waals surface area contributed by atoms with Gasteiger partial charge in [-0.05, 0) is 38.3 Å². The van der Waals surface area contributed by atoms with Crippen LogP contribution in [0.3, 0.4) is 0 Å². The fraction of sp³-hybridized carbons (Fsp3) is 0.462. The normalized spacial score (nSPS) is 23.9. The van der Waals surface area contributed by atoms with Gasteiger partial charge in [0.15, 0.2) is 0 Å². The number of rotatable bonds is 3. The average Bonchev–Trinajstić information content (AvgIpc) is 2.16. The van der Waals surface area contributed by atoms with E-state index in [-0.39, 0.29) is 11.2 Å². The third-order valence-electron chi connectivity index (χ3n) is 3.15. The van der Waals surface area contributed by atoms with Crippen LogP contribution in [-0.2, 0) is 4.79 Å². The Labute approximate surface area is 100 Å². The smallest absolute Gasteiger partial charge is 0.307 e. The standard InChI is InChI=1S/C13H16O2S/c1-8-3-4-9(2)12(7-8)16-11-6-5-10(11)13(14)15/h3-4,7,10-11H,5-6H2,1-2H3,(H,14,15). The summed E-state index contributed by atoms with van der Waals surface area (Å²) in [6, 6.07) is 6.35. The fourth-order valence-corrected chi connectivity index (χ4v) is 3.40. The first-order valence-corrected chi connectivity index (χ1v) is 6.42. The molecular weight excluding hydrogens is 220 g/mol. The van der Waals surface area contributed by atoms with Crippen LogP contribution in [0.15, 0.2) is 23.1 Å². The van der Waals surface area contributed by atoms with Gasteiger partial charge in [-0.3, -0.25) is 4.79 Å². The Hall–Kier alpha value is -0.960. The molecule has 1 saturated carbocycles. The van der Waals surface area contributed by atoms with Crippen LogP contribution < -0.4 is 0 Å². The van der Waals surface area contributed by atoms with E-state index in [2.05, 4.69) is 32.0 Å². The molecule has 16 heavy (non-hydrogen) atoms. The second kappa shape index (κ2) is 4.50.